The molecule has 1 aliphatic heterocycles. The molecular formula is C5H13N5O2S2. The predicted octanol–water partition coefficient (Wildman–Crippen LogP) is -1.21. The summed E-state index contributed by atoms with van der Waals surface area (Å²) in [6.07, 6.45) is 0. The molecule has 2 unspecified atom stereocenters. The van der Waals surface area contributed by atoms with Crippen LogP contribution in [0.3, 0.4) is 0 Å². The van der Waals surface area contributed by atoms with Gasteiger partial charge in [-0.2, -0.15) is 5.01 Å². The van der Waals surface area contributed by atoms with Crippen LogP contribution in [0.2, 0.25) is 0 Å². The second-order valence-electron chi connectivity index (χ2n) is 2.80. The van der Waals surface area contributed by atoms with Gasteiger partial charge in [-0.25, -0.2) is 4.21 Å². The number of hydrazine groups is 1. The van der Waals surface area contributed by atoms with Crippen molar-refractivity contribution in [3.05, 3.63) is 0 Å². The molecule has 0 saturated carbocycles. The van der Waals surface area contributed by atoms with E-state index < -0.39 is 11.3 Å². The van der Waals surface area contributed by atoms with Crippen molar-refractivity contribution in [2.45, 2.75) is 5.50 Å². The average molecular weight is 239 g/mol. The van der Waals surface area contributed by atoms with Gasteiger partial charge in [0.25, 0.3) is 11.3 Å². The molecule has 1 aliphatic rings. The molecular weight excluding hydrogens is 226 g/mol. The maximum Gasteiger partial charge on any atom is 0.284 e. The highest BCUT2D eigenvalue weighted by Crippen LogP contribution is 2.23. The third-order valence-electron chi connectivity index (χ3n) is 1.52. The highest BCUT2D eigenvalue weighted by atomic mass is 32.2. The van der Waals surface area contributed by atoms with Gasteiger partial charge in [0.05, 0.1) is 6.67 Å². The molecule has 1 heterocycles. The molecule has 4 N–H and O–H groups in total. The first-order valence-corrected chi connectivity index (χ1v) is 5.75. The summed E-state index contributed by atoms with van der Waals surface area (Å²) >= 11 is -0.844. The van der Waals surface area contributed by atoms with Crippen LogP contribution in [-0.2, 0) is 11.3 Å². The third-order valence-corrected chi connectivity index (χ3v) is 3.27. The van der Waals surface area contributed by atoms with Crippen LogP contribution in [0.1, 0.15) is 0 Å². The fourth-order valence-electron chi connectivity index (χ4n) is 1.00. The van der Waals surface area contributed by atoms with Gasteiger partial charge in [0.2, 0.25) is 0 Å². The van der Waals surface area contributed by atoms with Gasteiger partial charge >= 0.3 is 0 Å². The van der Waals surface area contributed by atoms with Crippen LogP contribution in [-0.4, -0.2) is 50.1 Å². The van der Waals surface area contributed by atoms with Crippen molar-refractivity contribution in [2.75, 3.05) is 20.8 Å². The maximum absolute atomic E-state index is 10.4. The first kappa shape index (κ1) is 11.9. The zero-order valence-electron chi connectivity index (χ0n) is 7.88. The Balaban J connectivity index is 2.70. The van der Waals surface area contributed by atoms with E-state index in [2.05, 4.69) is 9.82 Å². The van der Waals surface area contributed by atoms with Crippen LogP contribution in [0, 0.1) is 0 Å². The second kappa shape index (κ2) is 5.05. The summed E-state index contributed by atoms with van der Waals surface area (Å²) < 4.78 is 22.5. The smallest absolute Gasteiger partial charge is 0.284 e. The Morgan fingerprint density at radius 1 is 1.86 bits per heavy atom. The lowest BCUT2D eigenvalue weighted by Crippen LogP contribution is -2.47. The number of nitrogens with zero attached hydrogens (tertiary/aromatic N) is 3. The van der Waals surface area contributed by atoms with Crippen molar-refractivity contribution in [3.63, 3.8) is 0 Å². The summed E-state index contributed by atoms with van der Waals surface area (Å²) in [5.41, 5.74) is 8.30. The first-order valence-electron chi connectivity index (χ1n) is 3.80. The molecule has 1 fully saturated rings. The largest absolute Gasteiger partial charge is 0.317 e. The number of hydrogen-bond donors (Lipinski definition) is 3. The summed E-state index contributed by atoms with van der Waals surface area (Å²) in [4.78, 5) is 1.92. The molecule has 82 valence electrons. The lowest BCUT2D eigenvalue weighted by Gasteiger charge is -2.25. The van der Waals surface area contributed by atoms with Crippen LogP contribution in [0.5, 0.6) is 0 Å². The fourth-order valence-corrected chi connectivity index (χ4v) is 2.39. The Hall–Kier alpha value is -0.190. The quantitative estimate of drug-likeness (QED) is 0.532. The van der Waals surface area contributed by atoms with Crippen molar-refractivity contribution in [1.82, 2.24) is 15.3 Å². The molecule has 0 radical (unpaired) electrons. The van der Waals surface area contributed by atoms with Crippen molar-refractivity contribution in [2.24, 2.45) is 10.1 Å². The van der Waals surface area contributed by atoms with Gasteiger partial charge in [-0.05, 0) is 25.9 Å². The van der Waals surface area contributed by atoms with E-state index in [0.29, 0.717) is 11.8 Å². The maximum atomic E-state index is 10.4. The Morgan fingerprint density at radius 3 is 2.86 bits per heavy atom. The topological polar surface area (TPSA) is 94.2 Å². The molecule has 0 aliphatic carbocycles. The third kappa shape index (κ3) is 2.90. The van der Waals surface area contributed by atoms with E-state index in [9.17, 15) is 4.21 Å². The Labute approximate surface area is 89.1 Å². The van der Waals surface area contributed by atoms with Crippen LogP contribution in [0.15, 0.2) is 4.40 Å². The van der Waals surface area contributed by atoms with Gasteiger partial charge in [0.15, 0.2) is 5.17 Å². The number of nitrogens with one attached hydrogen (secondary N) is 1. The zero-order valence-corrected chi connectivity index (χ0v) is 9.51. The van der Waals surface area contributed by atoms with Gasteiger partial charge < -0.3 is 5.73 Å². The number of thioether (sulfide) groups is 1. The number of rotatable bonds is 3. The highest BCUT2D eigenvalue weighted by Gasteiger charge is 2.30. The summed E-state index contributed by atoms with van der Waals surface area (Å²) in [6, 6.07) is 0. The molecule has 7 nitrogen and oxygen atoms in total. The van der Waals surface area contributed by atoms with Gasteiger partial charge in [0.1, 0.15) is 5.50 Å². The predicted molar refractivity (Wildman–Crippen MR) is 57.3 cm³/mol. The molecule has 9 heteroatoms. The molecule has 2 atom stereocenters. The minimum atomic E-state index is -2.18. The lowest BCUT2D eigenvalue weighted by molar-refractivity contribution is 0.134. The molecule has 0 amide bonds. The van der Waals surface area contributed by atoms with E-state index in [4.69, 9.17) is 10.3 Å². The zero-order chi connectivity index (χ0) is 10.7. The molecule has 0 bridgehead atoms. The summed E-state index contributed by atoms with van der Waals surface area (Å²) in [5.74, 6) is 0. The van der Waals surface area contributed by atoms with E-state index in [1.165, 1.54) is 11.8 Å². The second-order valence-corrected chi connectivity index (χ2v) is 4.49. The van der Waals surface area contributed by atoms with Crippen molar-refractivity contribution in [3.8, 4) is 0 Å². The minimum Gasteiger partial charge on any atom is -0.317 e. The van der Waals surface area contributed by atoms with Crippen LogP contribution < -0.4 is 11.2 Å². The summed E-state index contributed by atoms with van der Waals surface area (Å²) in [5, 5.41) is 2.12. The molecule has 14 heavy (non-hydrogen) atoms. The Bertz CT molecular complexity index is 259. The molecule has 1 rings (SSSR count). The number of amidine groups is 1. The monoisotopic (exact) mass is 239 g/mol. The Kier molecular flexibility index (Phi) is 4.29. The lowest BCUT2D eigenvalue weighted by atomic mass is 10.8. The van der Waals surface area contributed by atoms with Gasteiger partial charge in [-0.1, -0.05) is 0 Å². The minimum absolute atomic E-state index is 0.0118. The van der Waals surface area contributed by atoms with Crippen LogP contribution in [0.25, 0.3) is 0 Å². The van der Waals surface area contributed by atoms with E-state index in [1.807, 2.05) is 19.0 Å². The van der Waals surface area contributed by atoms with E-state index >= 15 is 0 Å². The average Bonchev–Trinajstić information content (AvgIpc) is 2.46. The standard InChI is InChI=1S/C5H13N5O2S2/c1-9(2)5-10(3-6)7-4(13-5)8-14(11)12/h5H,3,6H2,1-2H3,(H,7,8)(H,11,12). The van der Waals surface area contributed by atoms with Crippen molar-refractivity contribution >= 4 is 28.2 Å². The first-order chi connectivity index (χ1) is 6.54. The SMILES string of the molecule is CN(C)C1SC(=NS(=O)O)NN1CN. The molecule has 1 saturated heterocycles. The van der Waals surface area contributed by atoms with Crippen molar-refractivity contribution in [1.29, 1.82) is 0 Å². The van der Waals surface area contributed by atoms with E-state index in [1.54, 1.807) is 5.01 Å². The van der Waals surface area contributed by atoms with Crippen LogP contribution >= 0.6 is 11.8 Å². The van der Waals surface area contributed by atoms with Crippen molar-refractivity contribution < 1.29 is 8.76 Å². The molecule has 0 aromatic carbocycles. The van der Waals surface area contributed by atoms with E-state index in [0.717, 1.165) is 0 Å². The van der Waals surface area contributed by atoms with Gasteiger partial charge in [-0.15, -0.1) is 4.40 Å². The number of hydrogen-bond acceptors (Lipinski definition) is 5. The van der Waals surface area contributed by atoms with Crippen LogP contribution in [0.4, 0.5) is 0 Å². The molecule has 0 spiro atoms. The van der Waals surface area contributed by atoms with E-state index in [-0.39, 0.29) is 5.50 Å². The molecule has 0 aromatic rings. The van der Waals surface area contributed by atoms with Gasteiger partial charge in [-0.3, -0.25) is 14.9 Å². The normalized spacial score (nSPS) is 28.4. The summed E-state index contributed by atoms with van der Waals surface area (Å²) in [7, 11) is 3.78. The number of nitrogens with two attached hydrogens (primary N) is 1. The highest BCUT2D eigenvalue weighted by molar-refractivity contribution is 8.15. The molecule has 0 aromatic heterocycles. The Morgan fingerprint density at radius 2 is 2.50 bits per heavy atom. The van der Waals surface area contributed by atoms with Gasteiger partial charge in [0, 0.05) is 0 Å². The summed E-state index contributed by atoms with van der Waals surface area (Å²) in [6.45, 7) is 0.299. The fraction of sp³-hybridized carbons (Fsp3) is 0.800.